The lowest BCUT2D eigenvalue weighted by molar-refractivity contribution is 0.0669. The number of alkyl halides is 2. The molecule has 0 saturated carbocycles. The zero-order chi connectivity index (χ0) is 21.0. The third kappa shape index (κ3) is 2.84. The first-order valence-corrected chi connectivity index (χ1v) is 9.48. The van der Waals surface area contributed by atoms with E-state index in [4.69, 9.17) is 11.6 Å². The van der Waals surface area contributed by atoms with E-state index in [1.165, 1.54) is 11.9 Å². The molecule has 0 radical (unpaired) electrons. The van der Waals surface area contributed by atoms with Crippen LogP contribution in [-0.2, 0) is 13.5 Å². The monoisotopic (exact) mass is 432 g/mol. The number of halogens is 3. The molecule has 1 atom stereocenters. The highest BCUT2D eigenvalue weighted by atomic mass is 35.5. The zero-order valence-electron chi connectivity index (χ0n) is 15.6. The van der Waals surface area contributed by atoms with Crippen molar-refractivity contribution in [2.24, 2.45) is 7.05 Å². The smallest absolute Gasteiger partial charge is 0.299 e. The molecular formula is C18H15ClF2N8O. The molecule has 0 saturated heterocycles. The molecule has 4 aromatic rings. The number of aromatic nitrogens is 7. The summed E-state index contributed by atoms with van der Waals surface area (Å²) in [6, 6.07) is 4.67. The van der Waals surface area contributed by atoms with E-state index in [-0.39, 0.29) is 5.82 Å². The molecule has 0 aromatic carbocycles. The molecule has 0 aliphatic carbocycles. The fourth-order valence-corrected chi connectivity index (χ4v) is 3.95. The zero-order valence-corrected chi connectivity index (χ0v) is 16.4. The van der Waals surface area contributed by atoms with Crippen LogP contribution in [0.1, 0.15) is 46.0 Å². The van der Waals surface area contributed by atoms with E-state index in [9.17, 15) is 13.6 Å². The van der Waals surface area contributed by atoms with Gasteiger partial charge in [-0.3, -0.25) is 4.79 Å². The van der Waals surface area contributed by atoms with Crippen molar-refractivity contribution in [3.63, 3.8) is 0 Å². The number of nitrogens with one attached hydrogen (secondary N) is 1. The SMILES string of the molecule is Cn1nc(C(F)F)nc1C(=O)N1CCc2[nH]cnc2C1c1cc2c(Cl)cccn2n1. The fraction of sp³-hybridized carbons (Fsp3) is 0.278. The van der Waals surface area contributed by atoms with Gasteiger partial charge in [-0.2, -0.15) is 5.10 Å². The number of rotatable bonds is 3. The Kier molecular flexibility index (Phi) is 4.28. The maximum atomic E-state index is 13.3. The largest absolute Gasteiger partial charge is 0.348 e. The van der Waals surface area contributed by atoms with Gasteiger partial charge in [0, 0.05) is 31.9 Å². The molecule has 30 heavy (non-hydrogen) atoms. The summed E-state index contributed by atoms with van der Waals surface area (Å²) in [5.41, 5.74) is 2.77. The Bertz CT molecular complexity index is 1260. The summed E-state index contributed by atoms with van der Waals surface area (Å²) in [7, 11) is 1.41. The molecule has 0 spiro atoms. The summed E-state index contributed by atoms with van der Waals surface area (Å²) < 4.78 is 28.7. The van der Waals surface area contributed by atoms with Crippen molar-refractivity contribution in [2.45, 2.75) is 18.9 Å². The second kappa shape index (κ2) is 6.87. The lowest BCUT2D eigenvalue weighted by Gasteiger charge is -2.33. The van der Waals surface area contributed by atoms with E-state index >= 15 is 0 Å². The Morgan fingerprint density at radius 2 is 2.20 bits per heavy atom. The first kappa shape index (κ1) is 18.7. The van der Waals surface area contributed by atoms with Gasteiger partial charge in [-0.05, 0) is 18.2 Å². The van der Waals surface area contributed by atoms with Gasteiger partial charge in [-0.25, -0.2) is 27.9 Å². The van der Waals surface area contributed by atoms with Crippen LogP contribution in [-0.4, -0.2) is 51.7 Å². The minimum atomic E-state index is -2.87. The lowest BCUT2D eigenvalue weighted by Crippen LogP contribution is -2.42. The molecule has 1 aliphatic rings. The van der Waals surface area contributed by atoms with Gasteiger partial charge in [0.15, 0.2) is 0 Å². The number of carbonyl (C=O) groups excluding carboxylic acids is 1. The number of fused-ring (bicyclic) bond motifs is 2. The van der Waals surface area contributed by atoms with Crippen molar-refractivity contribution in [1.82, 2.24) is 39.2 Å². The number of pyridine rings is 1. The van der Waals surface area contributed by atoms with Crippen molar-refractivity contribution in [3.05, 3.63) is 64.5 Å². The molecule has 1 aliphatic heterocycles. The Morgan fingerprint density at radius 3 is 2.93 bits per heavy atom. The third-order valence-electron chi connectivity index (χ3n) is 5.10. The van der Waals surface area contributed by atoms with E-state index in [0.717, 1.165) is 10.4 Å². The predicted octanol–water partition coefficient (Wildman–Crippen LogP) is 2.56. The summed E-state index contributed by atoms with van der Waals surface area (Å²) >= 11 is 6.28. The van der Waals surface area contributed by atoms with Crippen LogP contribution in [0.5, 0.6) is 0 Å². The molecular weight excluding hydrogens is 418 g/mol. The molecule has 12 heteroatoms. The number of carbonyl (C=O) groups is 1. The van der Waals surface area contributed by atoms with Crippen molar-refractivity contribution in [3.8, 4) is 0 Å². The van der Waals surface area contributed by atoms with Crippen LogP contribution >= 0.6 is 11.6 Å². The Morgan fingerprint density at radius 1 is 1.37 bits per heavy atom. The number of H-pyrrole nitrogens is 1. The van der Waals surface area contributed by atoms with Gasteiger partial charge in [0.05, 0.1) is 28.3 Å². The summed E-state index contributed by atoms with van der Waals surface area (Å²) in [4.78, 5) is 26.1. The van der Waals surface area contributed by atoms with E-state index in [2.05, 4.69) is 25.1 Å². The van der Waals surface area contributed by atoms with Crippen LogP contribution in [0.15, 0.2) is 30.7 Å². The van der Waals surface area contributed by atoms with Crippen molar-refractivity contribution in [2.75, 3.05) is 6.54 Å². The summed E-state index contributed by atoms with van der Waals surface area (Å²) in [6.45, 7) is 0.331. The Balaban J connectivity index is 1.62. The number of imidazole rings is 1. The first-order chi connectivity index (χ1) is 14.4. The van der Waals surface area contributed by atoms with Crippen LogP contribution in [0.2, 0.25) is 5.02 Å². The van der Waals surface area contributed by atoms with E-state index in [1.54, 1.807) is 35.2 Å². The highest BCUT2D eigenvalue weighted by molar-refractivity contribution is 6.33. The van der Waals surface area contributed by atoms with E-state index < -0.39 is 24.2 Å². The number of aromatic amines is 1. The standard InChI is InChI=1S/C18H15ClF2N8O/c1-27-17(24-16(26-27)15(20)21)18(30)28-6-4-10-13(23-8-22-10)14(28)11-7-12-9(19)3-2-5-29(12)25-11/h2-3,5,7-8,14-15H,4,6H2,1H3,(H,22,23). The Hall–Kier alpha value is -3.34. The second-order valence-corrected chi connectivity index (χ2v) is 7.30. The Labute approximate surface area is 173 Å². The summed E-state index contributed by atoms with van der Waals surface area (Å²) in [5, 5.41) is 8.75. The molecule has 1 unspecified atom stereocenters. The van der Waals surface area contributed by atoms with Gasteiger partial charge >= 0.3 is 0 Å². The third-order valence-corrected chi connectivity index (χ3v) is 5.42. The predicted molar refractivity (Wildman–Crippen MR) is 101 cm³/mol. The van der Waals surface area contributed by atoms with Gasteiger partial charge in [-0.15, -0.1) is 5.10 Å². The maximum absolute atomic E-state index is 13.3. The highest BCUT2D eigenvalue weighted by Crippen LogP contribution is 2.35. The number of aryl methyl sites for hydroxylation is 1. The molecule has 4 aromatic heterocycles. The summed E-state index contributed by atoms with van der Waals surface area (Å²) in [5.74, 6) is -1.39. The average Bonchev–Trinajstić information content (AvgIpc) is 3.44. The molecule has 154 valence electrons. The number of nitrogens with zero attached hydrogens (tertiary/aromatic N) is 7. The van der Waals surface area contributed by atoms with E-state index in [0.29, 0.717) is 34.9 Å². The van der Waals surface area contributed by atoms with Gasteiger partial charge in [0.25, 0.3) is 12.3 Å². The molecule has 1 N–H and O–H groups in total. The minimum absolute atomic E-state index is 0.170. The molecule has 9 nitrogen and oxygen atoms in total. The van der Waals surface area contributed by atoms with Gasteiger partial charge in [0.1, 0.15) is 6.04 Å². The fourth-order valence-electron chi connectivity index (χ4n) is 3.74. The highest BCUT2D eigenvalue weighted by Gasteiger charge is 2.38. The van der Waals surface area contributed by atoms with Crippen LogP contribution in [0.3, 0.4) is 0 Å². The second-order valence-electron chi connectivity index (χ2n) is 6.89. The van der Waals surface area contributed by atoms with Gasteiger partial charge in [-0.1, -0.05) is 11.6 Å². The first-order valence-electron chi connectivity index (χ1n) is 9.10. The average molecular weight is 433 g/mol. The molecule has 5 heterocycles. The molecule has 5 rings (SSSR count). The van der Waals surface area contributed by atoms with Crippen LogP contribution in [0.4, 0.5) is 8.78 Å². The van der Waals surface area contributed by atoms with Gasteiger partial charge < -0.3 is 9.88 Å². The molecule has 0 fully saturated rings. The molecule has 1 amide bonds. The van der Waals surface area contributed by atoms with Crippen molar-refractivity contribution in [1.29, 1.82) is 0 Å². The quantitative estimate of drug-likeness (QED) is 0.536. The minimum Gasteiger partial charge on any atom is -0.348 e. The molecule has 0 bridgehead atoms. The topological polar surface area (TPSA) is 97.0 Å². The van der Waals surface area contributed by atoms with Crippen LogP contribution in [0.25, 0.3) is 5.52 Å². The lowest BCUT2D eigenvalue weighted by atomic mass is 9.99. The number of hydrogen-bond acceptors (Lipinski definition) is 5. The van der Waals surface area contributed by atoms with Crippen molar-refractivity contribution < 1.29 is 13.6 Å². The summed E-state index contributed by atoms with van der Waals surface area (Å²) in [6.07, 6.45) is 0.980. The normalized spacial score (nSPS) is 16.4. The van der Waals surface area contributed by atoms with Crippen LogP contribution < -0.4 is 0 Å². The maximum Gasteiger partial charge on any atom is 0.299 e. The van der Waals surface area contributed by atoms with Gasteiger partial charge in [0.2, 0.25) is 11.6 Å². The van der Waals surface area contributed by atoms with Crippen LogP contribution in [0, 0.1) is 0 Å². The van der Waals surface area contributed by atoms with E-state index in [1.807, 2.05) is 0 Å². The number of hydrogen-bond donors (Lipinski definition) is 1. The number of amides is 1. The van der Waals surface area contributed by atoms with Crippen molar-refractivity contribution >= 4 is 23.0 Å².